The lowest BCUT2D eigenvalue weighted by atomic mass is 10.2. The standard InChI is InChI=1S/C16H11NO4S/c18-12-7-3-1-5-10(12)9-14(15(19)20)22-16-17-11-6-2-4-8-13(11)21-16/h1-9,18H,(H,19,20)/b14-9-. The van der Waals surface area contributed by atoms with Gasteiger partial charge in [0.15, 0.2) is 5.58 Å². The van der Waals surface area contributed by atoms with Crippen LogP contribution in [-0.4, -0.2) is 21.2 Å². The minimum atomic E-state index is -1.12. The molecule has 110 valence electrons. The topological polar surface area (TPSA) is 83.6 Å². The van der Waals surface area contributed by atoms with Crippen LogP contribution in [0.4, 0.5) is 0 Å². The van der Waals surface area contributed by atoms with Crippen LogP contribution in [0.25, 0.3) is 17.2 Å². The Labute approximate surface area is 129 Å². The molecule has 0 aliphatic carbocycles. The molecule has 0 saturated carbocycles. The van der Waals surface area contributed by atoms with Gasteiger partial charge in [0.05, 0.1) is 0 Å². The number of aromatic nitrogens is 1. The molecule has 0 amide bonds. The van der Waals surface area contributed by atoms with Gasteiger partial charge in [-0.2, -0.15) is 0 Å². The van der Waals surface area contributed by atoms with Crippen LogP contribution < -0.4 is 0 Å². The summed E-state index contributed by atoms with van der Waals surface area (Å²) in [6.07, 6.45) is 1.39. The molecule has 0 atom stereocenters. The Morgan fingerprint density at radius 2 is 1.86 bits per heavy atom. The quantitative estimate of drug-likeness (QED) is 0.564. The van der Waals surface area contributed by atoms with Gasteiger partial charge in [-0.25, -0.2) is 9.78 Å². The number of carboxylic acid groups (broad SMARTS) is 1. The molecule has 1 aromatic heterocycles. The first-order valence-electron chi connectivity index (χ1n) is 6.40. The third-order valence-corrected chi connectivity index (χ3v) is 3.77. The Bertz CT molecular complexity index is 836. The van der Waals surface area contributed by atoms with Gasteiger partial charge in [0, 0.05) is 5.56 Å². The molecule has 1 heterocycles. The molecule has 2 aromatic carbocycles. The highest BCUT2D eigenvalue weighted by Crippen LogP contribution is 2.31. The highest BCUT2D eigenvalue weighted by atomic mass is 32.2. The smallest absolute Gasteiger partial charge is 0.342 e. The summed E-state index contributed by atoms with van der Waals surface area (Å²) in [6, 6.07) is 13.7. The summed E-state index contributed by atoms with van der Waals surface area (Å²) in [7, 11) is 0. The minimum Gasteiger partial charge on any atom is -0.507 e. The molecule has 3 rings (SSSR count). The molecule has 0 spiro atoms. The molecule has 6 heteroatoms. The van der Waals surface area contributed by atoms with E-state index in [0.717, 1.165) is 11.8 Å². The van der Waals surface area contributed by atoms with Crippen molar-refractivity contribution < 1.29 is 19.4 Å². The van der Waals surface area contributed by atoms with Gasteiger partial charge in [0.1, 0.15) is 16.2 Å². The molecule has 0 bridgehead atoms. The number of thioether (sulfide) groups is 1. The number of benzene rings is 2. The third kappa shape index (κ3) is 2.96. The molecule has 0 aliphatic heterocycles. The number of phenolic OH excluding ortho intramolecular Hbond substituents is 1. The van der Waals surface area contributed by atoms with E-state index in [0.29, 0.717) is 16.7 Å². The lowest BCUT2D eigenvalue weighted by Crippen LogP contribution is -1.96. The molecule has 3 aromatic rings. The second-order valence-electron chi connectivity index (χ2n) is 4.42. The predicted octanol–water partition coefficient (Wildman–Crippen LogP) is 3.75. The van der Waals surface area contributed by atoms with Crippen molar-refractivity contribution in [3.63, 3.8) is 0 Å². The number of aliphatic carboxylic acids is 1. The molecular weight excluding hydrogens is 302 g/mol. The van der Waals surface area contributed by atoms with E-state index in [9.17, 15) is 15.0 Å². The number of aromatic hydroxyl groups is 1. The molecule has 2 N–H and O–H groups in total. The van der Waals surface area contributed by atoms with Crippen molar-refractivity contribution in [2.24, 2.45) is 0 Å². The molecular formula is C16H11NO4S. The number of rotatable bonds is 4. The fraction of sp³-hybridized carbons (Fsp3) is 0. The maximum atomic E-state index is 11.4. The summed E-state index contributed by atoms with van der Waals surface area (Å²) in [5.41, 5.74) is 1.68. The van der Waals surface area contributed by atoms with E-state index in [-0.39, 0.29) is 15.9 Å². The van der Waals surface area contributed by atoms with E-state index < -0.39 is 5.97 Å². The van der Waals surface area contributed by atoms with Crippen molar-refractivity contribution >= 4 is 34.9 Å². The Kier molecular flexibility index (Phi) is 3.84. The van der Waals surface area contributed by atoms with Gasteiger partial charge >= 0.3 is 5.97 Å². The maximum Gasteiger partial charge on any atom is 0.342 e. The number of fused-ring (bicyclic) bond motifs is 1. The van der Waals surface area contributed by atoms with Gasteiger partial charge in [-0.1, -0.05) is 30.3 Å². The first-order valence-corrected chi connectivity index (χ1v) is 7.21. The monoisotopic (exact) mass is 313 g/mol. The number of nitrogens with zero attached hydrogens (tertiary/aromatic N) is 1. The number of carboxylic acids is 1. The lowest BCUT2D eigenvalue weighted by molar-refractivity contribution is -0.131. The average Bonchev–Trinajstić information content (AvgIpc) is 2.91. The number of para-hydroxylation sites is 3. The second kappa shape index (κ2) is 5.95. The first-order chi connectivity index (χ1) is 10.6. The summed E-state index contributed by atoms with van der Waals surface area (Å²) >= 11 is 0.899. The number of carbonyl (C=O) groups is 1. The Balaban J connectivity index is 1.95. The normalized spacial score (nSPS) is 11.7. The van der Waals surface area contributed by atoms with Crippen LogP contribution in [0.15, 0.2) is 63.1 Å². The van der Waals surface area contributed by atoms with Crippen LogP contribution in [0.2, 0.25) is 0 Å². The summed E-state index contributed by atoms with van der Waals surface area (Å²) in [6.45, 7) is 0. The highest BCUT2D eigenvalue weighted by Gasteiger charge is 2.15. The van der Waals surface area contributed by atoms with E-state index in [1.54, 1.807) is 30.3 Å². The van der Waals surface area contributed by atoms with E-state index in [1.807, 2.05) is 12.1 Å². The zero-order chi connectivity index (χ0) is 15.5. The lowest BCUT2D eigenvalue weighted by Gasteiger charge is -2.01. The van der Waals surface area contributed by atoms with Crippen molar-refractivity contribution in [2.75, 3.05) is 0 Å². The first kappa shape index (κ1) is 14.2. The van der Waals surface area contributed by atoms with Crippen LogP contribution in [0, 0.1) is 0 Å². The molecule has 0 aliphatic rings. The zero-order valence-electron chi connectivity index (χ0n) is 11.3. The number of hydrogen-bond donors (Lipinski definition) is 2. The van der Waals surface area contributed by atoms with Gasteiger partial charge in [-0.3, -0.25) is 0 Å². The van der Waals surface area contributed by atoms with Crippen LogP contribution >= 0.6 is 11.8 Å². The largest absolute Gasteiger partial charge is 0.507 e. The van der Waals surface area contributed by atoms with Crippen molar-refractivity contribution in [3.8, 4) is 5.75 Å². The van der Waals surface area contributed by atoms with Crippen LogP contribution in [-0.2, 0) is 4.79 Å². The summed E-state index contributed by atoms with van der Waals surface area (Å²) in [4.78, 5) is 15.6. The summed E-state index contributed by atoms with van der Waals surface area (Å²) in [5.74, 6) is -1.10. The fourth-order valence-corrected chi connectivity index (χ4v) is 2.61. The van der Waals surface area contributed by atoms with Crippen molar-refractivity contribution in [3.05, 3.63) is 59.0 Å². The van der Waals surface area contributed by atoms with E-state index in [4.69, 9.17) is 4.42 Å². The van der Waals surface area contributed by atoms with Gasteiger partial charge < -0.3 is 14.6 Å². The molecule has 5 nitrogen and oxygen atoms in total. The van der Waals surface area contributed by atoms with Gasteiger partial charge in [0.25, 0.3) is 5.22 Å². The molecule has 0 unspecified atom stereocenters. The molecule has 0 saturated heterocycles. The third-order valence-electron chi connectivity index (χ3n) is 2.91. The van der Waals surface area contributed by atoms with E-state index in [1.165, 1.54) is 12.1 Å². The highest BCUT2D eigenvalue weighted by molar-refractivity contribution is 8.03. The summed E-state index contributed by atoms with van der Waals surface area (Å²) in [5, 5.41) is 19.3. The summed E-state index contributed by atoms with van der Waals surface area (Å²) < 4.78 is 5.50. The Morgan fingerprint density at radius 3 is 2.59 bits per heavy atom. The average molecular weight is 313 g/mol. The number of phenols is 1. The molecule has 0 radical (unpaired) electrons. The second-order valence-corrected chi connectivity index (χ2v) is 5.42. The Hall–Kier alpha value is -2.73. The fourth-order valence-electron chi connectivity index (χ4n) is 1.87. The van der Waals surface area contributed by atoms with Crippen molar-refractivity contribution in [2.45, 2.75) is 5.22 Å². The van der Waals surface area contributed by atoms with Gasteiger partial charge in [0.2, 0.25) is 0 Å². The predicted molar refractivity (Wildman–Crippen MR) is 83.6 cm³/mol. The van der Waals surface area contributed by atoms with E-state index in [2.05, 4.69) is 4.98 Å². The minimum absolute atomic E-state index is 0.00746. The van der Waals surface area contributed by atoms with Crippen LogP contribution in [0.1, 0.15) is 5.56 Å². The van der Waals surface area contributed by atoms with Crippen LogP contribution in [0.3, 0.4) is 0 Å². The Morgan fingerprint density at radius 1 is 1.14 bits per heavy atom. The van der Waals surface area contributed by atoms with Crippen molar-refractivity contribution in [1.29, 1.82) is 0 Å². The van der Waals surface area contributed by atoms with Crippen molar-refractivity contribution in [1.82, 2.24) is 4.98 Å². The SMILES string of the molecule is O=C(O)/C(=C/c1ccccc1O)Sc1nc2ccccc2o1. The van der Waals surface area contributed by atoms with Gasteiger partial charge in [-0.05, 0) is 36.0 Å². The van der Waals surface area contributed by atoms with Gasteiger partial charge in [-0.15, -0.1) is 0 Å². The van der Waals surface area contributed by atoms with Crippen LogP contribution in [0.5, 0.6) is 5.75 Å². The number of oxazole rings is 1. The zero-order valence-corrected chi connectivity index (χ0v) is 12.1. The van der Waals surface area contributed by atoms with E-state index >= 15 is 0 Å². The molecule has 22 heavy (non-hydrogen) atoms. The molecule has 0 fully saturated rings. The number of hydrogen-bond acceptors (Lipinski definition) is 5. The maximum absolute atomic E-state index is 11.4.